The van der Waals surface area contributed by atoms with Crippen molar-refractivity contribution in [3.63, 3.8) is 0 Å². The number of hydrogen-bond donors (Lipinski definition) is 0. The molecule has 0 aliphatic rings. The van der Waals surface area contributed by atoms with Gasteiger partial charge in [-0.1, -0.05) is 17.7 Å². The fraction of sp³-hybridized carbons (Fsp3) is 0. The van der Waals surface area contributed by atoms with Gasteiger partial charge in [0.2, 0.25) is 4.69 Å². The molecule has 1 rings (SSSR count). The van der Waals surface area contributed by atoms with Gasteiger partial charge in [0, 0.05) is 0 Å². The number of nitrogens with zero attached hydrogens (tertiary/aromatic N) is 1. The van der Waals surface area contributed by atoms with Crippen LogP contribution in [0.3, 0.4) is 0 Å². The second kappa shape index (κ2) is 3.70. The Balaban J connectivity index is 3.42. The molecule has 4 heteroatoms. The molecule has 0 unspecified atom stereocenters. The molecule has 0 heterocycles. The smallest absolute Gasteiger partial charge is 0.230 e. The Bertz CT molecular complexity index is 370. The lowest BCUT2D eigenvalue weighted by molar-refractivity contribution is 0.109. The summed E-state index contributed by atoms with van der Waals surface area (Å²) >= 11 is 8.45. The lowest BCUT2D eigenvalue weighted by atomic mass is 10.1. The molecule has 60 valence electrons. The number of rotatable bonds is 1. The molecule has 0 radical (unpaired) electrons. The number of hydrogen-bond acceptors (Lipinski definition) is 2. The first-order chi connectivity index (χ1) is 5.66. The van der Waals surface area contributed by atoms with E-state index in [0.29, 0.717) is 0 Å². The maximum atomic E-state index is 10.9. The van der Waals surface area contributed by atoms with E-state index in [1.165, 1.54) is 0 Å². The van der Waals surface area contributed by atoms with Gasteiger partial charge in [-0.05, 0) is 28.1 Å². The zero-order valence-electron chi connectivity index (χ0n) is 5.84. The molecule has 1 aromatic rings. The van der Waals surface area contributed by atoms with Crippen LogP contribution in [0.5, 0.6) is 0 Å². The minimum absolute atomic E-state index is 0.224. The lowest BCUT2D eigenvalue weighted by Crippen LogP contribution is -1.94. The summed E-state index contributed by atoms with van der Waals surface area (Å²) in [6.07, 6.45) is 0. The second-order valence-corrected chi connectivity index (χ2v) is 3.18. The number of halogens is 2. The number of carbonyl (C=O) groups is 1. The summed E-state index contributed by atoms with van der Waals surface area (Å²) in [5.41, 5.74) is 0.506. The Labute approximate surface area is 82.9 Å². The third kappa shape index (κ3) is 1.66. The van der Waals surface area contributed by atoms with E-state index in [-0.39, 0.29) is 20.8 Å². The summed E-state index contributed by atoms with van der Waals surface area (Å²) in [4.78, 5) is 10.9. The lowest BCUT2D eigenvalue weighted by Gasteiger charge is -1.99. The highest BCUT2D eigenvalue weighted by atomic mass is 79.9. The van der Waals surface area contributed by atoms with Crippen LogP contribution in [0.2, 0.25) is 5.02 Å². The summed E-state index contributed by atoms with van der Waals surface area (Å²) in [5, 5.41) is 8.90. The predicted molar refractivity (Wildman–Crippen MR) is 49.4 cm³/mol. The summed E-state index contributed by atoms with van der Waals surface area (Å²) in [6, 6.07) is 6.62. The van der Waals surface area contributed by atoms with E-state index in [0.717, 1.165) is 0 Å². The molecule has 0 saturated heterocycles. The quantitative estimate of drug-likeness (QED) is 0.713. The maximum Gasteiger partial charge on any atom is 0.230 e. The monoisotopic (exact) mass is 243 g/mol. The van der Waals surface area contributed by atoms with Gasteiger partial charge in [0.15, 0.2) is 0 Å². The van der Waals surface area contributed by atoms with Crippen LogP contribution in [0, 0.1) is 11.3 Å². The van der Waals surface area contributed by atoms with Crippen molar-refractivity contribution in [1.29, 1.82) is 5.26 Å². The summed E-state index contributed by atoms with van der Waals surface area (Å²) in [7, 11) is 0. The molecule has 0 saturated carbocycles. The van der Waals surface area contributed by atoms with Crippen LogP contribution in [-0.4, -0.2) is 4.69 Å². The van der Waals surface area contributed by atoms with E-state index in [1.807, 2.05) is 6.07 Å². The van der Waals surface area contributed by atoms with E-state index in [1.54, 1.807) is 18.2 Å². The van der Waals surface area contributed by atoms with Gasteiger partial charge in [-0.3, -0.25) is 4.79 Å². The van der Waals surface area contributed by atoms with Crippen LogP contribution in [-0.2, 0) is 0 Å². The zero-order chi connectivity index (χ0) is 9.14. The molecule has 0 aliphatic heterocycles. The average Bonchev–Trinajstić information content (AvgIpc) is 2.03. The van der Waals surface area contributed by atoms with E-state index in [2.05, 4.69) is 15.9 Å². The molecule has 0 fully saturated rings. The van der Waals surface area contributed by atoms with E-state index >= 15 is 0 Å². The molecule has 0 atom stereocenters. The fourth-order valence-electron chi connectivity index (χ4n) is 0.817. The zero-order valence-corrected chi connectivity index (χ0v) is 8.19. The Morgan fingerprint density at radius 3 is 2.67 bits per heavy atom. The number of nitriles is 1. The third-order valence-corrected chi connectivity index (χ3v) is 2.04. The van der Waals surface area contributed by atoms with Gasteiger partial charge in [0.25, 0.3) is 0 Å². The second-order valence-electron chi connectivity index (χ2n) is 2.05. The molecular formula is C8H3BrClNO. The molecule has 0 amide bonds. The highest BCUT2D eigenvalue weighted by molar-refractivity contribution is 9.18. The first-order valence-electron chi connectivity index (χ1n) is 3.05. The molecule has 1 aromatic carbocycles. The van der Waals surface area contributed by atoms with Crippen molar-refractivity contribution < 1.29 is 4.79 Å². The summed E-state index contributed by atoms with van der Waals surface area (Å²) in [5.74, 6) is 0. The number of carbonyl (C=O) groups excluding carboxylic acids is 1. The van der Waals surface area contributed by atoms with Crippen molar-refractivity contribution in [3.05, 3.63) is 34.3 Å². The van der Waals surface area contributed by atoms with Gasteiger partial charge < -0.3 is 0 Å². The van der Waals surface area contributed by atoms with Crippen LogP contribution in [0.25, 0.3) is 0 Å². The van der Waals surface area contributed by atoms with Crippen molar-refractivity contribution >= 4 is 32.2 Å². The molecule has 2 nitrogen and oxygen atoms in total. The molecular weight excluding hydrogens is 241 g/mol. The topological polar surface area (TPSA) is 40.9 Å². The SMILES string of the molecule is N#Cc1cccc(Cl)c1C(=O)Br. The van der Waals surface area contributed by atoms with Crippen LogP contribution in [0.4, 0.5) is 0 Å². The Morgan fingerprint density at radius 1 is 1.58 bits per heavy atom. The van der Waals surface area contributed by atoms with Crippen LogP contribution >= 0.6 is 27.5 Å². The average molecular weight is 244 g/mol. The standard InChI is InChI=1S/C8H3BrClNO/c9-8(12)7-5(4-11)2-1-3-6(7)10/h1-3H. The van der Waals surface area contributed by atoms with Gasteiger partial charge in [-0.25, -0.2) is 0 Å². The van der Waals surface area contributed by atoms with Crippen molar-refractivity contribution in [2.45, 2.75) is 0 Å². The van der Waals surface area contributed by atoms with Gasteiger partial charge in [-0.15, -0.1) is 0 Å². The first-order valence-corrected chi connectivity index (χ1v) is 4.22. The van der Waals surface area contributed by atoms with E-state index < -0.39 is 0 Å². The van der Waals surface area contributed by atoms with Crippen molar-refractivity contribution in [2.75, 3.05) is 0 Å². The van der Waals surface area contributed by atoms with Gasteiger partial charge in [0.05, 0.1) is 22.2 Å². The third-order valence-electron chi connectivity index (χ3n) is 1.33. The molecule has 12 heavy (non-hydrogen) atoms. The molecule has 0 bridgehead atoms. The molecule has 0 spiro atoms. The summed E-state index contributed by atoms with van der Waals surface area (Å²) in [6.45, 7) is 0. The predicted octanol–water partition coefficient (Wildman–Crippen LogP) is 2.75. The normalized spacial score (nSPS) is 9.08. The molecule has 0 aliphatic carbocycles. The molecule has 0 N–H and O–H groups in total. The first kappa shape index (κ1) is 9.24. The maximum absolute atomic E-state index is 10.9. The highest BCUT2D eigenvalue weighted by Gasteiger charge is 2.11. The van der Waals surface area contributed by atoms with E-state index in [4.69, 9.17) is 16.9 Å². The van der Waals surface area contributed by atoms with Crippen LogP contribution in [0.1, 0.15) is 15.9 Å². The van der Waals surface area contributed by atoms with Crippen molar-refractivity contribution in [3.8, 4) is 6.07 Å². The van der Waals surface area contributed by atoms with Gasteiger partial charge in [-0.2, -0.15) is 5.26 Å². The van der Waals surface area contributed by atoms with Crippen LogP contribution < -0.4 is 0 Å². The Kier molecular flexibility index (Phi) is 2.85. The van der Waals surface area contributed by atoms with Crippen molar-refractivity contribution in [1.82, 2.24) is 0 Å². The Morgan fingerprint density at radius 2 is 2.25 bits per heavy atom. The minimum Gasteiger partial charge on any atom is -0.281 e. The van der Waals surface area contributed by atoms with Crippen molar-refractivity contribution in [2.24, 2.45) is 0 Å². The fourth-order valence-corrected chi connectivity index (χ4v) is 1.62. The summed E-state index contributed by atoms with van der Waals surface area (Å²) < 4.78 is -0.371. The van der Waals surface area contributed by atoms with Gasteiger partial charge in [0.1, 0.15) is 0 Å². The minimum atomic E-state index is -0.371. The van der Waals surface area contributed by atoms with E-state index in [9.17, 15) is 4.79 Å². The van der Waals surface area contributed by atoms with Crippen LogP contribution in [0.15, 0.2) is 18.2 Å². The van der Waals surface area contributed by atoms with Gasteiger partial charge >= 0.3 is 0 Å². The molecule has 0 aromatic heterocycles. The highest BCUT2D eigenvalue weighted by Crippen LogP contribution is 2.21. The largest absolute Gasteiger partial charge is 0.281 e. The Hall–Kier alpha value is -0.850. The number of benzene rings is 1.